The second kappa shape index (κ2) is 6.85. The Morgan fingerprint density at radius 2 is 2.04 bits per heavy atom. The fourth-order valence-electron chi connectivity index (χ4n) is 2.42. The molecule has 7 nitrogen and oxygen atoms in total. The lowest BCUT2D eigenvalue weighted by atomic mass is 10.1. The number of hydrogen-bond donors (Lipinski definition) is 2. The van der Waals surface area contributed by atoms with Gasteiger partial charge in [-0.2, -0.15) is 10.4 Å². The summed E-state index contributed by atoms with van der Waals surface area (Å²) in [6.45, 7) is 1.05. The predicted molar refractivity (Wildman–Crippen MR) is 85.2 cm³/mol. The molecule has 116 valence electrons. The van der Waals surface area contributed by atoms with Crippen molar-refractivity contribution in [1.82, 2.24) is 19.7 Å². The number of aromatic nitrogens is 4. The van der Waals surface area contributed by atoms with Crippen molar-refractivity contribution in [3.8, 4) is 6.07 Å². The van der Waals surface area contributed by atoms with E-state index >= 15 is 0 Å². The molecule has 0 radical (unpaired) electrons. The van der Waals surface area contributed by atoms with Gasteiger partial charge in [-0.05, 0) is 11.1 Å². The summed E-state index contributed by atoms with van der Waals surface area (Å²) in [4.78, 5) is 8.51. The Labute approximate surface area is 133 Å². The van der Waals surface area contributed by atoms with Crippen LogP contribution in [0.3, 0.4) is 0 Å². The van der Waals surface area contributed by atoms with Gasteiger partial charge in [-0.3, -0.25) is 0 Å². The maximum absolute atomic E-state index is 9.38. The quantitative estimate of drug-likeness (QED) is 0.721. The van der Waals surface area contributed by atoms with Crippen LogP contribution in [0.1, 0.15) is 17.5 Å². The van der Waals surface area contributed by atoms with Gasteiger partial charge < -0.3 is 10.4 Å². The van der Waals surface area contributed by atoms with Crippen LogP contribution in [0.4, 0.5) is 5.82 Å². The van der Waals surface area contributed by atoms with Crippen LogP contribution < -0.4 is 5.32 Å². The summed E-state index contributed by atoms with van der Waals surface area (Å²) in [6.07, 6.45) is 3.56. The summed E-state index contributed by atoms with van der Waals surface area (Å²) < 4.78 is 1.70. The van der Waals surface area contributed by atoms with Gasteiger partial charge >= 0.3 is 0 Å². The van der Waals surface area contributed by atoms with Gasteiger partial charge in [0.2, 0.25) is 0 Å². The van der Waals surface area contributed by atoms with Crippen LogP contribution in [0.15, 0.2) is 36.8 Å². The number of fused-ring (bicyclic) bond motifs is 1. The van der Waals surface area contributed by atoms with Gasteiger partial charge in [-0.15, -0.1) is 0 Å². The fourth-order valence-corrected chi connectivity index (χ4v) is 2.42. The number of aliphatic hydroxyl groups excluding tert-OH is 1. The monoisotopic (exact) mass is 308 g/mol. The van der Waals surface area contributed by atoms with Crippen molar-refractivity contribution in [2.45, 2.75) is 26.1 Å². The first-order chi connectivity index (χ1) is 11.3. The zero-order valence-corrected chi connectivity index (χ0v) is 12.5. The van der Waals surface area contributed by atoms with Crippen LogP contribution in [0.5, 0.6) is 0 Å². The van der Waals surface area contributed by atoms with Crippen LogP contribution in [0.2, 0.25) is 0 Å². The van der Waals surface area contributed by atoms with E-state index in [1.54, 1.807) is 10.9 Å². The zero-order valence-electron chi connectivity index (χ0n) is 12.5. The van der Waals surface area contributed by atoms with Crippen LogP contribution >= 0.6 is 0 Å². The van der Waals surface area contributed by atoms with Crippen molar-refractivity contribution >= 4 is 16.9 Å². The SMILES string of the molecule is N#CCCn1ncc2c(NCc3ccccc3CO)ncnc21. The summed E-state index contributed by atoms with van der Waals surface area (Å²) >= 11 is 0. The molecule has 3 aromatic rings. The van der Waals surface area contributed by atoms with Gasteiger partial charge in [-0.1, -0.05) is 24.3 Å². The van der Waals surface area contributed by atoms with E-state index in [1.165, 1.54) is 6.33 Å². The Morgan fingerprint density at radius 1 is 1.22 bits per heavy atom. The molecule has 0 spiro atoms. The smallest absolute Gasteiger partial charge is 0.163 e. The second-order valence-corrected chi connectivity index (χ2v) is 5.02. The Hall–Kier alpha value is -2.98. The Kier molecular flexibility index (Phi) is 4.45. The van der Waals surface area contributed by atoms with Crippen LogP contribution in [-0.2, 0) is 19.7 Å². The minimum atomic E-state index is 0.00311. The lowest BCUT2D eigenvalue weighted by molar-refractivity contribution is 0.280. The van der Waals surface area contributed by atoms with Gasteiger partial charge in [0, 0.05) is 6.54 Å². The van der Waals surface area contributed by atoms with Crippen LogP contribution in [0, 0.1) is 11.3 Å². The molecule has 2 heterocycles. The average molecular weight is 308 g/mol. The summed E-state index contributed by atoms with van der Waals surface area (Å²) in [6, 6.07) is 9.80. The highest BCUT2D eigenvalue weighted by Gasteiger charge is 2.10. The molecule has 0 bridgehead atoms. The minimum absolute atomic E-state index is 0.00311. The molecule has 0 aliphatic carbocycles. The number of benzene rings is 1. The molecule has 3 rings (SSSR count). The topological polar surface area (TPSA) is 99.7 Å². The van der Waals surface area contributed by atoms with Crippen molar-refractivity contribution in [3.63, 3.8) is 0 Å². The highest BCUT2D eigenvalue weighted by Crippen LogP contribution is 2.20. The van der Waals surface area contributed by atoms with Crippen molar-refractivity contribution in [3.05, 3.63) is 47.9 Å². The largest absolute Gasteiger partial charge is 0.392 e. The van der Waals surface area contributed by atoms with E-state index in [1.807, 2.05) is 24.3 Å². The van der Waals surface area contributed by atoms with E-state index in [-0.39, 0.29) is 6.61 Å². The number of nitriles is 1. The highest BCUT2D eigenvalue weighted by molar-refractivity contribution is 5.86. The number of rotatable bonds is 6. The Bertz CT molecular complexity index is 851. The van der Waals surface area contributed by atoms with Crippen LogP contribution in [-0.4, -0.2) is 24.9 Å². The first kappa shape index (κ1) is 14.9. The molecule has 2 aromatic heterocycles. The van der Waals surface area contributed by atoms with Crippen molar-refractivity contribution < 1.29 is 5.11 Å². The maximum Gasteiger partial charge on any atom is 0.163 e. The summed E-state index contributed by atoms with van der Waals surface area (Å²) in [5.74, 6) is 0.686. The normalized spacial score (nSPS) is 10.6. The summed E-state index contributed by atoms with van der Waals surface area (Å²) in [5, 5.41) is 26.4. The van der Waals surface area contributed by atoms with Crippen molar-refractivity contribution in [2.75, 3.05) is 5.32 Å². The molecule has 2 N–H and O–H groups in total. The Morgan fingerprint density at radius 3 is 2.83 bits per heavy atom. The van der Waals surface area contributed by atoms with E-state index in [0.717, 1.165) is 16.5 Å². The zero-order chi connectivity index (χ0) is 16.1. The lowest BCUT2D eigenvalue weighted by Gasteiger charge is -2.09. The molecule has 0 amide bonds. The molecule has 0 fully saturated rings. The molecule has 0 unspecified atom stereocenters. The number of aliphatic hydroxyl groups is 1. The van der Waals surface area contributed by atoms with Crippen molar-refractivity contribution in [2.24, 2.45) is 0 Å². The molecule has 0 saturated carbocycles. The molecular formula is C16H16N6O. The van der Waals surface area contributed by atoms with Crippen LogP contribution in [0.25, 0.3) is 11.0 Å². The third kappa shape index (κ3) is 3.12. The standard InChI is InChI=1S/C16H16N6O/c17-6-3-7-22-16-14(9-21-22)15(19-11-20-16)18-8-12-4-1-2-5-13(12)10-23/h1-2,4-5,9,11,23H,3,7-8,10H2,(H,18,19,20). The average Bonchev–Trinajstić information content (AvgIpc) is 3.02. The number of nitrogens with zero attached hydrogens (tertiary/aromatic N) is 5. The predicted octanol–water partition coefficient (Wildman–Crippen LogP) is 1.84. The molecule has 0 atom stereocenters. The van der Waals surface area contributed by atoms with E-state index in [2.05, 4.69) is 26.5 Å². The molecule has 1 aromatic carbocycles. The molecule has 23 heavy (non-hydrogen) atoms. The second-order valence-electron chi connectivity index (χ2n) is 5.02. The van der Waals surface area contributed by atoms with E-state index in [4.69, 9.17) is 5.26 Å². The lowest BCUT2D eigenvalue weighted by Crippen LogP contribution is -2.05. The van der Waals surface area contributed by atoms with Gasteiger partial charge in [0.15, 0.2) is 5.65 Å². The van der Waals surface area contributed by atoms with Gasteiger partial charge in [0.1, 0.15) is 12.1 Å². The maximum atomic E-state index is 9.38. The number of aryl methyl sites for hydroxylation is 1. The van der Waals surface area contributed by atoms with Crippen molar-refractivity contribution in [1.29, 1.82) is 5.26 Å². The first-order valence-electron chi connectivity index (χ1n) is 7.28. The fraction of sp³-hybridized carbons (Fsp3) is 0.250. The van der Waals surface area contributed by atoms with E-state index in [9.17, 15) is 5.11 Å². The number of hydrogen-bond acceptors (Lipinski definition) is 6. The number of anilines is 1. The molecule has 0 saturated heterocycles. The minimum Gasteiger partial charge on any atom is -0.392 e. The van der Waals surface area contributed by atoms with E-state index < -0.39 is 0 Å². The third-order valence-corrected chi connectivity index (χ3v) is 3.60. The molecule has 0 aliphatic heterocycles. The molecule has 7 heteroatoms. The Balaban J connectivity index is 1.83. The summed E-state index contributed by atoms with van der Waals surface area (Å²) in [7, 11) is 0. The van der Waals surface area contributed by atoms with Gasteiger partial charge in [0.25, 0.3) is 0 Å². The third-order valence-electron chi connectivity index (χ3n) is 3.60. The van der Waals surface area contributed by atoms with Gasteiger partial charge in [0.05, 0.1) is 37.2 Å². The highest BCUT2D eigenvalue weighted by atomic mass is 16.3. The van der Waals surface area contributed by atoms with E-state index in [0.29, 0.717) is 31.0 Å². The number of nitrogens with one attached hydrogen (secondary N) is 1. The molecule has 0 aliphatic rings. The summed E-state index contributed by atoms with van der Waals surface area (Å²) in [5.41, 5.74) is 2.60. The van der Waals surface area contributed by atoms with Gasteiger partial charge in [-0.25, -0.2) is 14.6 Å². The first-order valence-corrected chi connectivity index (χ1v) is 7.28. The molecular weight excluding hydrogens is 292 g/mol.